The van der Waals surface area contributed by atoms with Crippen molar-refractivity contribution < 1.29 is 9.59 Å². The molecule has 1 amide bonds. The van der Waals surface area contributed by atoms with E-state index in [1.54, 1.807) is 0 Å². The molecule has 62 valence electrons. The van der Waals surface area contributed by atoms with Crippen LogP contribution in [0.5, 0.6) is 0 Å². The molecular formula is C8H13NO2. The minimum Gasteiger partial charge on any atom is -0.355 e. The number of amides is 1. The highest BCUT2D eigenvalue weighted by Crippen LogP contribution is 2.17. The molecule has 2 unspecified atom stereocenters. The van der Waals surface area contributed by atoms with Crippen LogP contribution >= 0.6 is 0 Å². The first-order chi connectivity index (χ1) is 5.11. The number of rotatable bonds is 1. The normalized spacial score (nSPS) is 31.3. The molecule has 0 radical (unpaired) electrons. The molecule has 3 heteroatoms. The maximum absolute atomic E-state index is 11.0. The van der Waals surface area contributed by atoms with Crippen molar-refractivity contribution >= 4 is 11.7 Å². The first-order valence-corrected chi connectivity index (χ1v) is 3.89. The van der Waals surface area contributed by atoms with Crippen LogP contribution in [0, 0.1) is 11.8 Å². The number of hydrogen-bond acceptors (Lipinski definition) is 2. The van der Waals surface area contributed by atoms with Crippen LogP contribution in [0.4, 0.5) is 0 Å². The lowest BCUT2D eigenvalue weighted by molar-refractivity contribution is -0.135. The third-order valence-electron chi connectivity index (χ3n) is 2.07. The number of hydrogen-bond donors (Lipinski definition) is 1. The summed E-state index contributed by atoms with van der Waals surface area (Å²) in [7, 11) is 0. The predicted molar refractivity (Wildman–Crippen MR) is 41.0 cm³/mol. The van der Waals surface area contributed by atoms with Crippen LogP contribution in [-0.2, 0) is 9.59 Å². The molecule has 2 atom stereocenters. The van der Waals surface area contributed by atoms with E-state index in [0.29, 0.717) is 18.9 Å². The average Bonchev–Trinajstić information content (AvgIpc) is 1.94. The van der Waals surface area contributed by atoms with Gasteiger partial charge < -0.3 is 5.32 Å². The first-order valence-electron chi connectivity index (χ1n) is 3.89. The Bertz CT molecular complexity index is 189. The summed E-state index contributed by atoms with van der Waals surface area (Å²) in [6, 6.07) is 0. The van der Waals surface area contributed by atoms with Crippen LogP contribution in [0.1, 0.15) is 20.3 Å². The van der Waals surface area contributed by atoms with E-state index in [2.05, 4.69) is 5.32 Å². The van der Waals surface area contributed by atoms with Gasteiger partial charge in [-0.3, -0.25) is 9.59 Å². The van der Waals surface area contributed by atoms with Gasteiger partial charge in [0.05, 0.1) is 5.92 Å². The number of carbonyl (C=O) groups excluding carboxylic acids is 2. The lowest BCUT2D eigenvalue weighted by Gasteiger charge is -2.24. The van der Waals surface area contributed by atoms with Gasteiger partial charge in [-0.1, -0.05) is 6.92 Å². The molecule has 1 aliphatic heterocycles. The topological polar surface area (TPSA) is 46.2 Å². The fourth-order valence-corrected chi connectivity index (χ4v) is 1.34. The molecule has 1 heterocycles. The maximum Gasteiger partial charge on any atom is 0.230 e. The van der Waals surface area contributed by atoms with Gasteiger partial charge in [-0.2, -0.15) is 0 Å². The molecule has 0 aliphatic carbocycles. The molecule has 1 saturated heterocycles. The molecule has 0 aromatic carbocycles. The zero-order chi connectivity index (χ0) is 8.43. The van der Waals surface area contributed by atoms with E-state index >= 15 is 0 Å². The zero-order valence-electron chi connectivity index (χ0n) is 6.89. The second kappa shape index (κ2) is 3.03. The van der Waals surface area contributed by atoms with Crippen LogP contribution in [0.15, 0.2) is 0 Å². The molecule has 0 spiro atoms. The van der Waals surface area contributed by atoms with E-state index in [1.165, 1.54) is 6.92 Å². The quantitative estimate of drug-likeness (QED) is 0.555. The highest BCUT2D eigenvalue weighted by molar-refractivity contribution is 6.00. The Morgan fingerprint density at radius 3 is 2.73 bits per heavy atom. The lowest BCUT2D eigenvalue weighted by atomic mass is 9.89. The highest BCUT2D eigenvalue weighted by atomic mass is 16.2. The predicted octanol–water partition coefficient (Wildman–Crippen LogP) is 0.348. The number of nitrogens with one attached hydrogen (secondary N) is 1. The van der Waals surface area contributed by atoms with Crippen molar-refractivity contribution in [3.05, 3.63) is 0 Å². The van der Waals surface area contributed by atoms with Crippen LogP contribution in [-0.4, -0.2) is 18.2 Å². The van der Waals surface area contributed by atoms with Gasteiger partial charge in [-0.05, 0) is 19.3 Å². The SMILES string of the molecule is CC(=O)C1CC(C)CNC1=O. The van der Waals surface area contributed by atoms with E-state index in [1.807, 2.05) is 6.92 Å². The number of ketones is 1. The Labute approximate surface area is 66.2 Å². The van der Waals surface area contributed by atoms with Crippen LogP contribution in [0.25, 0.3) is 0 Å². The molecule has 0 bridgehead atoms. The van der Waals surface area contributed by atoms with E-state index < -0.39 is 5.92 Å². The van der Waals surface area contributed by atoms with Crippen molar-refractivity contribution in [2.24, 2.45) is 11.8 Å². The minimum absolute atomic E-state index is 0.0194. The Balaban J connectivity index is 2.61. The zero-order valence-corrected chi connectivity index (χ0v) is 6.89. The summed E-state index contributed by atoms with van der Waals surface area (Å²) in [5, 5.41) is 2.70. The van der Waals surface area contributed by atoms with Gasteiger partial charge in [0.1, 0.15) is 5.78 Å². The van der Waals surface area contributed by atoms with Gasteiger partial charge in [0.15, 0.2) is 0 Å². The Hall–Kier alpha value is -0.860. The summed E-state index contributed by atoms with van der Waals surface area (Å²) < 4.78 is 0. The maximum atomic E-state index is 11.0. The van der Waals surface area contributed by atoms with E-state index in [-0.39, 0.29) is 11.7 Å². The van der Waals surface area contributed by atoms with Gasteiger partial charge in [0.2, 0.25) is 5.91 Å². The molecule has 0 aromatic heterocycles. The molecule has 1 N–H and O–H groups in total. The monoisotopic (exact) mass is 155 g/mol. The summed E-state index contributed by atoms with van der Waals surface area (Å²) in [6.07, 6.45) is 0.709. The Kier molecular flexibility index (Phi) is 2.27. The number of piperidine rings is 1. The van der Waals surface area contributed by atoms with Gasteiger partial charge in [0, 0.05) is 6.54 Å². The molecule has 1 aliphatic rings. The fourth-order valence-electron chi connectivity index (χ4n) is 1.34. The van der Waals surface area contributed by atoms with Gasteiger partial charge in [-0.25, -0.2) is 0 Å². The van der Waals surface area contributed by atoms with Crippen molar-refractivity contribution in [1.82, 2.24) is 5.32 Å². The summed E-state index contributed by atoms with van der Waals surface area (Å²) >= 11 is 0. The van der Waals surface area contributed by atoms with Crippen LogP contribution in [0.2, 0.25) is 0 Å². The van der Waals surface area contributed by atoms with Crippen molar-refractivity contribution in [1.29, 1.82) is 0 Å². The number of carbonyl (C=O) groups is 2. The summed E-state index contributed by atoms with van der Waals surface area (Å²) in [5.74, 6) is -0.0787. The summed E-state index contributed by atoms with van der Waals surface area (Å²) in [6.45, 7) is 4.22. The molecule has 0 saturated carbocycles. The molecule has 0 aromatic rings. The van der Waals surface area contributed by atoms with Crippen molar-refractivity contribution in [2.45, 2.75) is 20.3 Å². The average molecular weight is 155 g/mol. The van der Waals surface area contributed by atoms with Crippen molar-refractivity contribution in [2.75, 3.05) is 6.54 Å². The summed E-state index contributed by atoms with van der Waals surface area (Å²) in [5.41, 5.74) is 0. The Morgan fingerprint density at radius 1 is 1.64 bits per heavy atom. The van der Waals surface area contributed by atoms with Crippen molar-refractivity contribution in [3.8, 4) is 0 Å². The van der Waals surface area contributed by atoms with Crippen LogP contribution in [0.3, 0.4) is 0 Å². The van der Waals surface area contributed by atoms with E-state index in [0.717, 1.165) is 0 Å². The minimum atomic E-state index is -0.390. The molecular weight excluding hydrogens is 142 g/mol. The second-order valence-electron chi connectivity index (χ2n) is 3.25. The van der Waals surface area contributed by atoms with Gasteiger partial charge in [0.25, 0.3) is 0 Å². The summed E-state index contributed by atoms with van der Waals surface area (Å²) in [4.78, 5) is 21.9. The number of Topliss-reactive ketones (excluding diaryl/α,β-unsaturated/α-hetero) is 1. The smallest absolute Gasteiger partial charge is 0.230 e. The van der Waals surface area contributed by atoms with Gasteiger partial charge in [-0.15, -0.1) is 0 Å². The first kappa shape index (κ1) is 8.24. The molecule has 3 nitrogen and oxygen atoms in total. The molecule has 1 rings (SSSR count). The van der Waals surface area contributed by atoms with Crippen LogP contribution < -0.4 is 5.32 Å². The Morgan fingerprint density at radius 2 is 2.27 bits per heavy atom. The highest BCUT2D eigenvalue weighted by Gasteiger charge is 2.29. The largest absolute Gasteiger partial charge is 0.355 e. The third-order valence-corrected chi connectivity index (χ3v) is 2.07. The van der Waals surface area contributed by atoms with Gasteiger partial charge >= 0.3 is 0 Å². The molecule has 1 fully saturated rings. The standard InChI is InChI=1S/C8H13NO2/c1-5-3-7(6(2)10)8(11)9-4-5/h5,7H,3-4H2,1-2H3,(H,9,11). The second-order valence-corrected chi connectivity index (χ2v) is 3.25. The van der Waals surface area contributed by atoms with E-state index in [4.69, 9.17) is 0 Å². The molecule has 11 heavy (non-hydrogen) atoms. The fraction of sp³-hybridized carbons (Fsp3) is 0.750. The lowest BCUT2D eigenvalue weighted by Crippen LogP contribution is -2.43. The van der Waals surface area contributed by atoms with Crippen molar-refractivity contribution in [3.63, 3.8) is 0 Å². The van der Waals surface area contributed by atoms with E-state index in [9.17, 15) is 9.59 Å². The third kappa shape index (κ3) is 1.79.